The van der Waals surface area contributed by atoms with Gasteiger partial charge in [0.25, 0.3) is 0 Å². The van der Waals surface area contributed by atoms with E-state index in [0.717, 1.165) is 61.8 Å². The van der Waals surface area contributed by atoms with E-state index in [-0.39, 0.29) is 0 Å². The molecule has 4 heterocycles. The highest BCUT2D eigenvalue weighted by Gasteiger charge is 2.20. The van der Waals surface area contributed by atoms with Crippen molar-refractivity contribution < 1.29 is 0 Å². The predicted molar refractivity (Wildman–Crippen MR) is 100 cm³/mol. The second-order valence-corrected chi connectivity index (χ2v) is 6.87. The Morgan fingerprint density at radius 2 is 2.15 bits per heavy atom. The summed E-state index contributed by atoms with van der Waals surface area (Å²) < 4.78 is 2.06. The molecule has 0 amide bonds. The molecular formula is C20H24N6. The summed E-state index contributed by atoms with van der Waals surface area (Å²) in [6, 6.07) is 3.92. The number of hydrogen-bond acceptors (Lipinski definition) is 5. The predicted octanol–water partition coefficient (Wildman–Crippen LogP) is 3.01. The Kier molecular flexibility index (Phi) is 4.75. The zero-order chi connectivity index (χ0) is 17.9. The smallest absolute Gasteiger partial charge is 0.160 e. The van der Waals surface area contributed by atoms with Gasteiger partial charge in [-0.25, -0.2) is 9.97 Å². The van der Waals surface area contributed by atoms with Gasteiger partial charge in [-0.15, -0.1) is 0 Å². The highest BCUT2D eigenvalue weighted by molar-refractivity contribution is 5.53. The van der Waals surface area contributed by atoms with Crippen LogP contribution >= 0.6 is 0 Å². The summed E-state index contributed by atoms with van der Waals surface area (Å²) in [5, 5.41) is 4.61. The van der Waals surface area contributed by atoms with E-state index < -0.39 is 0 Å². The highest BCUT2D eigenvalue weighted by atomic mass is 15.3. The van der Waals surface area contributed by atoms with Gasteiger partial charge < -0.3 is 0 Å². The Morgan fingerprint density at radius 3 is 2.96 bits per heavy atom. The van der Waals surface area contributed by atoms with Crippen LogP contribution < -0.4 is 0 Å². The Hall–Kier alpha value is -2.60. The highest BCUT2D eigenvalue weighted by Crippen LogP contribution is 2.22. The summed E-state index contributed by atoms with van der Waals surface area (Å²) in [4.78, 5) is 15.9. The van der Waals surface area contributed by atoms with Crippen molar-refractivity contribution in [2.75, 3.05) is 6.54 Å². The first kappa shape index (κ1) is 16.8. The second kappa shape index (κ2) is 7.33. The van der Waals surface area contributed by atoms with Crippen LogP contribution in [0.25, 0.3) is 11.4 Å². The fraction of sp³-hybridized carbons (Fsp3) is 0.400. The van der Waals surface area contributed by atoms with Gasteiger partial charge >= 0.3 is 0 Å². The normalized spacial score (nSPS) is 14.4. The average molecular weight is 348 g/mol. The molecule has 0 saturated carbocycles. The van der Waals surface area contributed by atoms with Crippen LogP contribution in [-0.2, 0) is 26.1 Å². The van der Waals surface area contributed by atoms with Gasteiger partial charge in [-0.3, -0.25) is 14.6 Å². The molecule has 134 valence electrons. The molecule has 0 aromatic carbocycles. The van der Waals surface area contributed by atoms with E-state index in [9.17, 15) is 0 Å². The van der Waals surface area contributed by atoms with Crippen molar-refractivity contribution in [2.24, 2.45) is 0 Å². The minimum Gasteiger partial charge on any atom is -0.294 e. The van der Waals surface area contributed by atoms with Crippen molar-refractivity contribution in [3.8, 4) is 11.4 Å². The number of aryl methyl sites for hydroxylation is 2. The maximum Gasteiger partial charge on any atom is 0.160 e. The van der Waals surface area contributed by atoms with Crippen molar-refractivity contribution in [1.82, 2.24) is 29.6 Å². The Balaban J connectivity index is 1.48. The summed E-state index contributed by atoms with van der Waals surface area (Å²) in [5.74, 6) is 0.766. The molecular weight excluding hydrogens is 324 g/mol. The van der Waals surface area contributed by atoms with E-state index >= 15 is 0 Å². The SMILES string of the molecule is CCCn1cc(CN2CCc3nc(-c4cccnc4)ncc3C2)c(C)n1. The van der Waals surface area contributed by atoms with E-state index in [1.807, 2.05) is 24.5 Å². The van der Waals surface area contributed by atoms with Crippen molar-refractivity contribution in [3.05, 3.63) is 59.4 Å². The summed E-state index contributed by atoms with van der Waals surface area (Å²) in [6.45, 7) is 8.09. The van der Waals surface area contributed by atoms with Gasteiger partial charge in [0, 0.05) is 74.1 Å². The fourth-order valence-corrected chi connectivity index (χ4v) is 3.44. The van der Waals surface area contributed by atoms with Crippen LogP contribution in [0.2, 0.25) is 0 Å². The molecule has 0 aliphatic carbocycles. The van der Waals surface area contributed by atoms with Crippen LogP contribution in [0.5, 0.6) is 0 Å². The van der Waals surface area contributed by atoms with Crippen LogP contribution in [0.4, 0.5) is 0 Å². The zero-order valence-corrected chi connectivity index (χ0v) is 15.4. The number of aromatic nitrogens is 5. The van der Waals surface area contributed by atoms with Gasteiger partial charge in [0.1, 0.15) is 0 Å². The standard InChI is InChI=1S/C20H24N6/c1-3-8-26-14-18(15(2)24-26)13-25-9-6-19-17(12-25)11-22-20(23-19)16-5-4-7-21-10-16/h4-5,7,10-11,14H,3,6,8-9,12-13H2,1-2H3. The summed E-state index contributed by atoms with van der Waals surface area (Å²) in [5.41, 5.74) is 5.80. The first-order chi connectivity index (χ1) is 12.7. The molecule has 0 atom stereocenters. The number of rotatable bonds is 5. The van der Waals surface area contributed by atoms with E-state index in [1.54, 1.807) is 6.20 Å². The molecule has 1 aliphatic rings. The number of nitrogens with zero attached hydrogens (tertiary/aromatic N) is 6. The zero-order valence-electron chi connectivity index (χ0n) is 15.4. The topological polar surface area (TPSA) is 59.7 Å². The monoisotopic (exact) mass is 348 g/mol. The molecule has 0 radical (unpaired) electrons. The molecule has 0 bridgehead atoms. The first-order valence-corrected chi connectivity index (χ1v) is 9.23. The van der Waals surface area contributed by atoms with Crippen molar-refractivity contribution in [2.45, 2.75) is 46.3 Å². The third-order valence-electron chi connectivity index (χ3n) is 4.83. The van der Waals surface area contributed by atoms with Crippen LogP contribution in [0.1, 0.15) is 35.9 Å². The average Bonchev–Trinajstić information content (AvgIpc) is 3.01. The van der Waals surface area contributed by atoms with Gasteiger partial charge in [-0.2, -0.15) is 5.10 Å². The molecule has 4 rings (SSSR count). The summed E-state index contributed by atoms with van der Waals surface area (Å²) in [6.07, 6.45) is 9.81. The lowest BCUT2D eigenvalue weighted by molar-refractivity contribution is 0.242. The molecule has 0 spiro atoms. The van der Waals surface area contributed by atoms with E-state index in [1.165, 1.54) is 11.1 Å². The van der Waals surface area contributed by atoms with E-state index in [4.69, 9.17) is 4.98 Å². The van der Waals surface area contributed by atoms with Crippen LogP contribution in [0, 0.1) is 6.92 Å². The van der Waals surface area contributed by atoms with Gasteiger partial charge in [0.05, 0.1) is 11.4 Å². The number of pyridine rings is 1. The summed E-state index contributed by atoms with van der Waals surface area (Å²) in [7, 11) is 0. The van der Waals surface area contributed by atoms with Gasteiger partial charge in [0.2, 0.25) is 0 Å². The molecule has 3 aromatic heterocycles. The Bertz CT molecular complexity index is 887. The lowest BCUT2D eigenvalue weighted by atomic mass is 10.1. The van der Waals surface area contributed by atoms with Crippen molar-refractivity contribution >= 4 is 0 Å². The fourth-order valence-electron chi connectivity index (χ4n) is 3.44. The third-order valence-corrected chi connectivity index (χ3v) is 4.83. The second-order valence-electron chi connectivity index (χ2n) is 6.87. The molecule has 0 unspecified atom stereocenters. The maximum atomic E-state index is 4.78. The van der Waals surface area contributed by atoms with Gasteiger partial charge in [-0.1, -0.05) is 6.92 Å². The largest absolute Gasteiger partial charge is 0.294 e. The van der Waals surface area contributed by atoms with E-state index in [0.29, 0.717) is 0 Å². The molecule has 3 aromatic rings. The molecule has 6 heteroatoms. The van der Waals surface area contributed by atoms with Gasteiger partial charge in [-0.05, 0) is 25.5 Å². The molecule has 0 saturated heterocycles. The van der Waals surface area contributed by atoms with Crippen molar-refractivity contribution in [3.63, 3.8) is 0 Å². The van der Waals surface area contributed by atoms with Crippen LogP contribution in [0.15, 0.2) is 36.9 Å². The lowest BCUT2D eigenvalue weighted by Crippen LogP contribution is -2.31. The molecule has 1 aliphatic heterocycles. The number of fused-ring (bicyclic) bond motifs is 1. The summed E-state index contributed by atoms with van der Waals surface area (Å²) >= 11 is 0. The molecule has 26 heavy (non-hydrogen) atoms. The minimum absolute atomic E-state index is 0.766. The maximum absolute atomic E-state index is 4.78. The molecule has 0 fully saturated rings. The quantitative estimate of drug-likeness (QED) is 0.709. The van der Waals surface area contributed by atoms with Gasteiger partial charge in [0.15, 0.2) is 5.82 Å². The minimum atomic E-state index is 0.766. The number of hydrogen-bond donors (Lipinski definition) is 0. The first-order valence-electron chi connectivity index (χ1n) is 9.23. The molecule has 6 nitrogen and oxygen atoms in total. The van der Waals surface area contributed by atoms with Crippen LogP contribution in [0.3, 0.4) is 0 Å². The molecule has 0 N–H and O–H groups in total. The third kappa shape index (κ3) is 3.51. The van der Waals surface area contributed by atoms with Crippen molar-refractivity contribution in [1.29, 1.82) is 0 Å². The lowest BCUT2D eigenvalue weighted by Gasteiger charge is -2.27. The van der Waals surface area contributed by atoms with Crippen LogP contribution in [-0.4, -0.2) is 36.2 Å². The Labute approximate surface area is 153 Å². The van der Waals surface area contributed by atoms with E-state index in [2.05, 4.69) is 44.7 Å². The Morgan fingerprint density at radius 1 is 1.23 bits per heavy atom.